The first kappa shape index (κ1) is 19.6. The molecule has 1 N–H and O–H groups in total. The Morgan fingerprint density at radius 2 is 1.76 bits per heavy atom. The van der Waals surface area contributed by atoms with Gasteiger partial charge in [-0.2, -0.15) is 13.2 Å². The van der Waals surface area contributed by atoms with Crippen LogP contribution in [0.2, 0.25) is 5.02 Å². The lowest BCUT2D eigenvalue weighted by Gasteiger charge is -2.12. The number of hydrogen-bond donors (Lipinski definition) is 1. The van der Waals surface area contributed by atoms with Crippen molar-refractivity contribution in [3.63, 3.8) is 0 Å². The van der Waals surface area contributed by atoms with Crippen molar-refractivity contribution in [3.8, 4) is 5.75 Å². The predicted molar refractivity (Wildman–Crippen MR) is 88.3 cm³/mol. The SMILES string of the molecule is Cc1ccc(OCCNS(=O)(=O)c2cc(C(F)(F)F)ccc2Cl)cc1. The second-order valence-corrected chi connectivity index (χ2v) is 7.34. The van der Waals surface area contributed by atoms with Gasteiger partial charge >= 0.3 is 6.18 Å². The minimum atomic E-state index is -4.66. The van der Waals surface area contributed by atoms with Gasteiger partial charge in [0.05, 0.1) is 10.6 Å². The standard InChI is InChI=1S/C16H15ClF3NO3S/c1-11-2-5-13(6-3-11)24-9-8-21-25(22,23)15-10-12(16(18,19)20)4-7-14(15)17/h2-7,10,21H,8-9H2,1H3. The summed E-state index contributed by atoms with van der Waals surface area (Å²) >= 11 is 5.74. The van der Waals surface area contributed by atoms with Crippen molar-refractivity contribution in [2.45, 2.75) is 18.0 Å². The summed E-state index contributed by atoms with van der Waals surface area (Å²) in [5, 5.41) is -0.292. The molecule has 0 bridgehead atoms. The van der Waals surface area contributed by atoms with Gasteiger partial charge in [0.15, 0.2) is 0 Å². The first-order valence-electron chi connectivity index (χ1n) is 7.15. The fourth-order valence-electron chi connectivity index (χ4n) is 1.94. The summed E-state index contributed by atoms with van der Waals surface area (Å²) < 4.78 is 70.1. The molecule has 0 aliphatic rings. The molecule has 2 aromatic rings. The Labute approximate surface area is 148 Å². The number of sulfonamides is 1. The van der Waals surface area contributed by atoms with Crippen LogP contribution in [0.5, 0.6) is 5.75 Å². The van der Waals surface area contributed by atoms with Crippen LogP contribution in [0.1, 0.15) is 11.1 Å². The molecule has 136 valence electrons. The van der Waals surface area contributed by atoms with Gasteiger partial charge in [-0.1, -0.05) is 29.3 Å². The van der Waals surface area contributed by atoms with Gasteiger partial charge in [-0.3, -0.25) is 0 Å². The molecule has 0 radical (unpaired) electrons. The molecular formula is C16H15ClF3NO3S. The molecule has 0 saturated heterocycles. The first-order valence-corrected chi connectivity index (χ1v) is 9.01. The minimum Gasteiger partial charge on any atom is -0.492 e. The number of halogens is 4. The zero-order chi connectivity index (χ0) is 18.7. The van der Waals surface area contributed by atoms with E-state index in [2.05, 4.69) is 4.72 Å². The van der Waals surface area contributed by atoms with Crippen molar-refractivity contribution in [1.82, 2.24) is 4.72 Å². The smallest absolute Gasteiger partial charge is 0.416 e. The van der Waals surface area contributed by atoms with Crippen molar-refractivity contribution in [1.29, 1.82) is 0 Å². The maximum atomic E-state index is 12.7. The molecule has 2 rings (SSSR count). The first-order chi connectivity index (χ1) is 11.6. The molecule has 0 aliphatic heterocycles. The van der Waals surface area contributed by atoms with E-state index in [1.54, 1.807) is 12.1 Å². The molecule has 0 amide bonds. The Bertz CT molecular complexity index is 837. The van der Waals surface area contributed by atoms with Crippen molar-refractivity contribution in [2.75, 3.05) is 13.2 Å². The average Bonchev–Trinajstić information content (AvgIpc) is 2.52. The summed E-state index contributed by atoms with van der Waals surface area (Å²) in [4.78, 5) is -0.626. The monoisotopic (exact) mass is 393 g/mol. The average molecular weight is 394 g/mol. The molecule has 0 fully saturated rings. The van der Waals surface area contributed by atoms with Crippen molar-refractivity contribution in [2.24, 2.45) is 0 Å². The van der Waals surface area contributed by atoms with Gasteiger partial charge in [0.25, 0.3) is 0 Å². The van der Waals surface area contributed by atoms with E-state index in [4.69, 9.17) is 16.3 Å². The highest BCUT2D eigenvalue weighted by Gasteiger charge is 2.32. The van der Waals surface area contributed by atoms with Crippen LogP contribution in [0.4, 0.5) is 13.2 Å². The van der Waals surface area contributed by atoms with E-state index in [0.29, 0.717) is 11.8 Å². The van der Waals surface area contributed by atoms with Crippen LogP contribution in [0.3, 0.4) is 0 Å². The summed E-state index contributed by atoms with van der Waals surface area (Å²) in [5.74, 6) is 0.557. The van der Waals surface area contributed by atoms with E-state index in [9.17, 15) is 21.6 Å². The Hall–Kier alpha value is -1.77. The van der Waals surface area contributed by atoms with Gasteiger partial charge in [-0.15, -0.1) is 0 Å². The maximum Gasteiger partial charge on any atom is 0.416 e. The number of aryl methyl sites for hydroxylation is 1. The molecule has 4 nitrogen and oxygen atoms in total. The number of ether oxygens (including phenoxy) is 1. The summed E-state index contributed by atoms with van der Waals surface area (Å²) in [6, 6.07) is 9.26. The quantitative estimate of drug-likeness (QED) is 0.754. The van der Waals surface area contributed by atoms with Crippen LogP contribution in [-0.2, 0) is 16.2 Å². The van der Waals surface area contributed by atoms with Crippen LogP contribution in [-0.4, -0.2) is 21.6 Å². The summed E-state index contributed by atoms with van der Waals surface area (Å²) in [5.41, 5.74) is -0.0413. The molecule has 0 spiro atoms. The van der Waals surface area contributed by atoms with E-state index in [0.717, 1.165) is 17.7 Å². The maximum absolute atomic E-state index is 12.7. The van der Waals surface area contributed by atoms with Gasteiger partial charge in [0.2, 0.25) is 10.0 Å². The highest BCUT2D eigenvalue weighted by atomic mass is 35.5. The van der Waals surface area contributed by atoms with Crippen LogP contribution in [0.25, 0.3) is 0 Å². The summed E-state index contributed by atoms with van der Waals surface area (Å²) in [6.45, 7) is 1.80. The van der Waals surface area contributed by atoms with Crippen molar-refractivity contribution < 1.29 is 26.3 Å². The van der Waals surface area contributed by atoms with Gasteiger partial charge in [0.1, 0.15) is 17.3 Å². The minimum absolute atomic E-state index is 0.0128. The zero-order valence-electron chi connectivity index (χ0n) is 13.1. The molecule has 9 heteroatoms. The number of nitrogens with one attached hydrogen (secondary N) is 1. The van der Waals surface area contributed by atoms with Crippen molar-refractivity contribution >= 4 is 21.6 Å². The molecule has 0 atom stereocenters. The Kier molecular flexibility index (Phi) is 5.97. The third kappa shape index (κ3) is 5.35. The number of alkyl halides is 3. The third-order valence-electron chi connectivity index (χ3n) is 3.23. The summed E-state index contributed by atoms with van der Waals surface area (Å²) in [6.07, 6.45) is -4.66. The van der Waals surface area contributed by atoms with E-state index in [1.165, 1.54) is 0 Å². The highest BCUT2D eigenvalue weighted by molar-refractivity contribution is 7.89. The van der Waals surface area contributed by atoms with E-state index < -0.39 is 26.7 Å². The lowest BCUT2D eigenvalue weighted by Crippen LogP contribution is -2.28. The molecule has 0 aromatic heterocycles. The molecule has 0 aliphatic carbocycles. The van der Waals surface area contributed by atoms with Gasteiger partial charge in [-0.05, 0) is 37.3 Å². The number of hydrogen-bond acceptors (Lipinski definition) is 3. The van der Waals surface area contributed by atoms with Crippen LogP contribution < -0.4 is 9.46 Å². The fraction of sp³-hybridized carbons (Fsp3) is 0.250. The largest absolute Gasteiger partial charge is 0.492 e. The van der Waals surface area contributed by atoms with Crippen LogP contribution in [0, 0.1) is 6.92 Å². The Balaban J connectivity index is 2.03. The lowest BCUT2D eigenvalue weighted by atomic mass is 10.2. The normalized spacial score (nSPS) is 12.2. The molecule has 25 heavy (non-hydrogen) atoms. The van der Waals surface area contributed by atoms with E-state index in [1.807, 2.05) is 19.1 Å². The second-order valence-electron chi connectivity index (χ2n) is 5.20. The van der Waals surface area contributed by atoms with Gasteiger partial charge in [-0.25, -0.2) is 13.1 Å². The van der Waals surface area contributed by atoms with E-state index in [-0.39, 0.29) is 18.2 Å². The van der Waals surface area contributed by atoms with E-state index >= 15 is 0 Å². The summed E-state index contributed by atoms with van der Waals surface area (Å²) in [7, 11) is -4.20. The predicted octanol–water partition coefficient (Wildman–Crippen LogP) is 4.02. The van der Waals surface area contributed by atoms with Crippen molar-refractivity contribution in [3.05, 3.63) is 58.6 Å². The van der Waals surface area contributed by atoms with Crippen LogP contribution >= 0.6 is 11.6 Å². The topological polar surface area (TPSA) is 55.4 Å². The second kappa shape index (κ2) is 7.63. The van der Waals surface area contributed by atoms with Gasteiger partial charge in [0, 0.05) is 6.54 Å². The third-order valence-corrected chi connectivity index (χ3v) is 5.17. The highest BCUT2D eigenvalue weighted by Crippen LogP contribution is 2.33. The Morgan fingerprint density at radius 3 is 2.36 bits per heavy atom. The van der Waals surface area contributed by atoms with Crippen LogP contribution in [0.15, 0.2) is 47.4 Å². The molecule has 0 heterocycles. The number of benzene rings is 2. The zero-order valence-corrected chi connectivity index (χ0v) is 14.7. The molecule has 0 unspecified atom stereocenters. The lowest BCUT2D eigenvalue weighted by molar-refractivity contribution is -0.137. The molecular weight excluding hydrogens is 379 g/mol. The fourth-order valence-corrected chi connectivity index (χ4v) is 3.48. The molecule has 2 aromatic carbocycles. The molecule has 0 saturated carbocycles. The van der Waals surface area contributed by atoms with Gasteiger partial charge < -0.3 is 4.74 Å². The number of rotatable bonds is 6. The Morgan fingerprint density at radius 1 is 1.12 bits per heavy atom.